The molecule has 0 aromatic carbocycles. The first kappa shape index (κ1) is 15.7. The van der Waals surface area contributed by atoms with Crippen LogP contribution >= 0.6 is 0 Å². The molecule has 0 aromatic heterocycles. The second-order valence-corrected chi connectivity index (χ2v) is 6.32. The zero-order valence-corrected chi connectivity index (χ0v) is 13.0. The average molecular weight is 283 g/mol. The minimum Gasteiger partial charge on any atom is -0.373 e. The molecule has 2 fully saturated rings. The van der Waals surface area contributed by atoms with Crippen molar-refractivity contribution in [2.75, 3.05) is 26.2 Å². The van der Waals surface area contributed by atoms with Crippen molar-refractivity contribution in [1.82, 2.24) is 9.80 Å². The summed E-state index contributed by atoms with van der Waals surface area (Å²) in [5.74, 6) is 0.129. The predicted octanol–water partition coefficient (Wildman–Crippen LogP) is 0.824. The van der Waals surface area contributed by atoms with E-state index in [0.29, 0.717) is 12.5 Å². The molecule has 0 aromatic rings. The smallest absolute Gasteiger partial charge is 0.239 e. The van der Waals surface area contributed by atoms with Crippen LogP contribution in [-0.4, -0.2) is 66.2 Å². The van der Waals surface area contributed by atoms with Gasteiger partial charge < -0.3 is 15.4 Å². The predicted molar refractivity (Wildman–Crippen MR) is 79.5 cm³/mol. The van der Waals surface area contributed by atoms with Crippen LogP contribution in [0.2, 0.25) is 0 Å². The topological polar surface area (TPSA) is 58.8 Å². The van der Waals surface area contributed by atoms with Gasteiger partial charge in [-0.15, -0.1) is 0 Å². The lowest BCUT2D eigenvalue weighted by molar-refractivity contribution is -0.134. The summed E-state index contributed by atoms with van der Waals surface area (Å²) in [6, 6.07) is -0.00395. The summed E-state index contributed by atoms with van der Waals surface area (Å²) < 4.78 is 5.77. The van der Waals surface area contributed by atoms with E-state index >= 15 is 0 Å². The summed E-state index contributed by atoms with van der Waals surface area (Å²) in [7, 11) is 0. The van der Waals surface area contributed by atoms with Crippen molar-refractivity contribution in [3.8, 4) is 0 Å². The van der Waals surface area contributed by atoms with E-state index in [2.05, 4.69) is 18.7 Å². The van der Waals surface area contributed by atoms with Gasteiger partial charge in [0, 0.05) is 32.2 Å². The zero-order chi connectivity index (χ0) is 14.7. The van der Waals surface area contributed by atoms with Crippen molar-refractivity contribution in [1.29, 1.82) is 0 Å². The number of amides is 1. The highest BCUT2D eigenvalue weighted by molar-refractivity contribution is 5.82. The number of carbonyl (C=O) groups excluding carboxylic acids is 1. The van der Waals surface area contributed by atoms with Crippen LogP contribution in [0.3, 0.4) is 0 Å². The first-order chi connectivity index (χ1) is 9.51. The Morgan fingerprint density at radius 1 is 1.35 bits per heavy atom. The summed E-state index contributed by atoms with van der Waals surface area (Å²) in [6.07, 6.45) is 3.47. The second-order valence-electron chi connectivity index (χ2n) is 6.32. The van der Waals surface area contributed by atoms with E-state index in [1.807, 2.05) is 11.8 Å². The molecule has 2 aliphatic rings. The number of likely N-dealkylation sites (tertiary alicyclic amines) is 1. The van der Waals surface area contributed by atoms with Crippen molar-refractivity contribution in [2.45, 2.75) is 64.3 Å². The van der Waals surface area contributed by atoms with Crippen LogP contribution in [0.25, 0.3) is 0 Å². The fourth-order valence-electron chi connectivity index (χ4n) is 3.43. The Balaban J connectivity index is 1.92. The van der Waals surface area contributed by atoms with Crippen molar-refractivity contribution in [3.63, 3.8) is 0 Å². The van der Waals surface area contributed by atoms with Gasteiger partial charge in [0.2, 0.25) is 5.91 Å². The molecule has 2 rings (SSSR count). The van der Waals surface area contributed by atoms with Crippen LogP contribution in [0, 0.1) is 0 Å². The third-order valence-electron chi connectivity index (χ3n) is 4.38. The quantitative estimate of drug-likeness (QED) is 0.830. The van der Waals surface area contributed by atoms with Crippen LogP contribution < -0.4 is 5.73 Å². The molecule has 5 nitrogen and oxygen atoms in total. The summed E-state index contributed by atoms with van der Waals surface area (Å²) in [4.78, 5) is 16.8. The van der Waals surface area contributed by atoms with Crippen molar-refractivity contribution in [3.05, 3.63) is 0 Å². The van der Waals surface area contributed by atoms with E-state index in [1.165, 1.54) is 0 Å². The van der Waals surface area contributed by atoms with E-state index in [4.69, 9.17) is 10.5 Å². The molecule has 116 valence electrons. The Bertz CT molecular complexity index is 327. The maximum Gasteiger partial charge on any atom is 0.239 e. The Morgan fingerprint density at radius 2 is 2.00 bits per heavy atom. The van der Waals surface area contributed by atoms with Gasteiger partial charge in [-0.3, -0.25) is 9.69 Å². The molecule has 2 N–H and O–H groups in total. The van der Waals surface area contributed by atoms with E-state index in [-0.39, 0.29) is 24.2 Å². The number of nitrogens with zero attached hydrogens (tertiary/aromatic N) is 2. The van der Waals surface area contributed by atoms with E-state index in [0.717, 1.165) is 39.0 Å². The molecule has 3 unspecified atom stereocenters. The van der Waals surface area contributed by atoms with Crippen molar-refractivity contribution >= 4 is 5.91 Å². The van der Waals surface area contributed by atoms with Crippen LogP contribution in [0.4, 0.5) is 0 Å². The van der Waals surface area contributed by atoms with Crippen molar-refractivity contribution in [2.24, 2.45) is 5.73 Å². The molecule has 2 saturated heterocycles. The fraction of sp³-hybridized carbons (Fsp3) is 0.933. The SMILES string of the molecule is CC[C@H](N)C(=O)N1CCCC1CN1CC(C)OC(C)C1. The zero-order valence-electron chi connectivity index (χ0n) is 13.0. The maximum absolute atomic E-state index is 12.3. The molecule has 5 heteroatoms. The van der Waals surface area contributed by atoms with Crippen LogP contribution in [0.1, 0.15) is 40.0 Å². The van der Waals surface area contributed by atoms with Gasteiger partial charge in [0.05, 0.1) is 18.2 Å². The number of morpholine rings is 1. The van der Waals surface area contributed by atoms with Crippen molar-refractivity contribution < 1.29 is 9.53 Å². The molecule has 0 aliphatic carbocycles. The Kier molecular flexibility index (Phi) is 5.41. The molecule has 0 spiro atoms. The average Bonchev–Trinajstić information content (AvgIpc) is 2.83. The third kappa shape index (κ3) is 3.71. The van der Waals surface area contributed by atoms with Crippen LogP contribution in [0.5, 0.6) is 0 Å². The van der Waals surface area contributed by atoms with Crippen LogP contribution in [-0.2, 0) is 9.53 Å². The fourth-order valence-corrected chi connectivity index (χ4v) is 3.43. The lowest BCUT2D eigenvalue weighted by Crippen LogP contribution is -2.53. The Hall–Kier alpha value is -0.650. The number of hydrogen-bond acceptors (Lipinski definition) is 4. The molecule has 0 saturated carbocycles. The van der Waals surface area contributed by atoms with Gasteiger partial charge in [-0.05, 0) is 33.1 Å². The second kappa shape index (κ2) is 6.87. The normalized spacial score (nSPS) is 33.4. The molecule has 1 amide bonds. The largest absolute Gasteiger partial charge is 0.373 e. The lowest BCUT2D eigenvalue weighted by atomic mass is 10.1. The highest BCUT2D eigenvalue weighted by Gasteiger charge is 2.33. The van der Waals surface area contributed by atoms with Gasteiger partial charge in [-0.2, -0.15) is 0 Å². The van der Waals surface area contributed by atoms with E-state index in [1.54, 1.807) is 0 Å². The molecular formula is C15H29N3O2. The lowest BCUT2D eigenvalue weighted by Gasteiger charge is -2.38. The molecule has 2 heterocycles. The number of carbonyl (C=O) groups is 1. The maximum atomic E-state index is 12.3. The molecular weight excluding hydrogens is 254 g/mol. The molecule has 2 aliphatic heterocycles. The first-order valence-electron chi connectivity index (χ1n) is 7.95. The van der Waals surface area contributed by atoms with Gasteiger partial charge >= 0.3 is 0 Å². The minimum absolute atomic E-state index is 0.129. The summed E-state index contributed by atoms with van der Waals surface area (Å²) in [5, 5.41) is 0. The molecule has 0 bridgehead atoms. The van der Waals surface area contributed by atoms with Gasteiger partial charge in [-0.25, -0.2) is 0 Å². The number of hydrogen-bond donors (Lipinski definition) is 1. The molecule has 0 radical (unpaired) electrons. The summed E-state index contributed by atoms with van der Waals surface area (Å²) >= 11 is 0. The Labute approximate surface area is 122 Å². The number of ether oxygens (including phenoxy) is 1. The first-order valence-corrected chi connectivity index (χ1v) is 7.95. The molecule has 20 heavy (non-hydrogen) atoms. The van der Waals surface area contributed by atoms with Gasteiger partial charge in [0.1, 0.15) is 0 Å². The van der Waals surface area contributed by atoms with E-state index in [9.17, 15) is 4.79 Å². The Morgan fingerprint density at radius 3 is 2.60 bits per heavy atom. The van der Waals surface area contributed by atoms with Gasteiger partial charge in [0.15, 0.2) is 0 Å². The standard InChI is InChI=1S/C15H29N3O2/c1-4-14(16)15(19)18-7-5-6-13(18)10-17-8-11(2)20-12(3)9-17/h11-14H,4-10,16H2,1-3H3/t11?,12?,13?,14-/m0/s1. The summed E-state index contributed by atoms with van der Waals surface area (Å²) in [5.41, 5.74) is 5.91. The highest BCUT2D eigenvalue weighted by Crippen LogP contribution is 2.21. The van der Waals surface area contributed by atoms with Crippen LogP contribution in [0.15, 0.2) is 0 Å². The third-order valence-corrected chi connectivity index (χ3v) is 4.38. The van der Waals surface area contributed by atoms with Gasteiger partial charge in [-0.1, -0.05) is 6.92 Å². The summed E-state index contributed by atoms with van der Waals surface area (Å²) in [6.45, 7) is 9.96. The number of rotatable bonds is 4. The van der Waals surface area contributed by atoms with E-state index < -0.39 is 0 Å². The minimum atomic E-state index is -0.335. The highest BCUT2D eigenvalue weighted by atomic mass is 16.5. The monoisotopic (exact) mass is 283 g/mol. The molecule has 4 atom stereocenters. The van der Waals surface area contributed by atoms with Gasteiger partial charge in [0.25, 0.3) is 0 Å². The number of nitrogens with two attached hydrogens (primary N) is 1.